The number of nitrogens with one attached hydrogen (secondary N) is 1. The van der Waals surface area contributed by atoms with Crippen LogP contribution in [0.2, 0.25) is 0 Å². The third-order valence-electron chi connectivity index (χ3n) is 4.33. The van der Waals surface area contributed by atoms with E-state index in [9.17, 15) is 9.18 Å². The zero-order valence-electron chi connectivity index (χ0n) is 14.5. The monoisotopic (exact) mass is 383 g/mol. The molecule has 1 aliphatic rings. The van der Waals surface area contributed by atoms with Crippen molar-refractivity contribution in [3.05, 3.63) is 65.3 Å². The summed E-state index contributed by atoms with van der Waals surface area (Å²) >= 11 is 1.61. The molecule has 27 heavy (non-hydrogen) atoms. The molecule has 1 N–H and O–H groups in total. The molecule has 0 radical (unpaired) electrons. The predicted octanol–water partition coefficient (Wildman–Crippen LogP) is 4.04. The molecule has 2 aromatic carbocycles. The molecule has 5 nitrogen and oxygen atoms in total. The zero-order valence-corrected chi connectivity index (χ0v) is 15.3. The summed E-state index contributed by atoms with van der Waals surface area (Å²) in [6, 6.07) is 13.3. The van der Waals surface area contributed by atoms with Crippen LogP contribution in [0, 0.1) is 5.82 Å². The molecular weight excluding hydrogens is 365 g/mol. The van der Waals surface area contributed by atoms with Gasteiger partial charge >= 0.3 is 0 Å². The van der Waals surface area contributed by atoms with Gasteiger partial charge < -0.3 is 15.0 Å². The Morgan fingerprint density at radius 2 is 1.85 bits per heavy atom. The Hall–Kier alpha value is -2.77. The van der Waals surface area contributed by atoms with Crippen molar-refractivity contribution >= 4 is 28.1 Å². The number of benzene rings is 2. The number of carbonyl (C=O) groups is 1. The van der Waals surface area contributed by atoms with Crippen LogP contribution in [0.15, 0.2) is 53.9 Å². The van der Waals surface area contributed by atoms with Gasteiger partial charge in [-0.3, -0.25) is 4.79 Å². The smallest absolute Gasteiger partial charge is 0.258 e. The van der Waals surface area contributed by atoms with Gasteiger partial charge in [-0.2, -0.15) is 0 Å². The molecular formula is C20H18FN3O2S. The van der Waals surface area contributed by atoms with Gasteiger partial charge in [-0.15, -0.1) is 11.3 Å². The minimum Gasteiger partial charge on any atom is -0.378 e. The van der Waals surface area contributed by atoms with Gasteiger partial charge in [-0.25, -0.2) is 9.37 Å². The highest BCUT2D eigenvalue weighted by atomic mass is 32.1. The second-order valence-electron chi connectivity index (χ2n) is 6.13. The quantitative estimate of drug-likeness (QED) is 0.739. The SMILES string of the molecule is O=C(Nc1ccc(-c2csc(N3CCOCC3)n2)cc1)c1ccccc1F. The number of carbonyl (C=O) groups excluding carboxylic acids is 1. The van der Waals surface area contributed by atoms with Crippen LogP contribution in [0.25, 0.3) is 11.3 Å². The summed E-state index contributed by atoms with van der Waals surface area (Å²) in [5.74, 6) is -1.01. The Bertz CT molecular complexity index is 936. The standard InChI is InChI=1S/C20H18FN3O2S/c21-17-4-2-1-3-16(17)19(25)22-15-7-5-14(6-8-15)18-13-27-20(23-18)24-9-11-26-12-10-24/h1-8,13H,9-12H2,(H,22,25). The van der Waals surface area contributed by atoms with Crippen molar-refractivity contribution in [3.8, 4) is 11.3 Å². The molecule has 3 aromatic rings. The van der Waals surface area contributed by atoms with Crippen molar-refractivity contribution in [1.29, 1.82) is 0 Å². The number of hydrogen-bond donors (Lipinski definition) is 1. The van der Waals surface area contributed by atoms with Crippen LogP contribution in [0.5, 0.6) is 0 Å². The molecule has 1 amide bonds. The summed E-state index contributed by atoms with van der Waals surface area (Å²) < 4.78 is 19.1. The first-order valence-corrected chi connectivity index (χ1v) is 9.53. The van der Waals surface area contributed by atoms with E-state index in [0.29, 0.717) is 5.69 Å². The van der Waals surface area contributed by atoms with Crippen LogP contribution < -0.4 is 10.2 Å². The number of thiazole rings is 1. The Kier molecular flexibility index (Phi) is 5.13. The highest BCUT2D eigenvalue weighted by Gasteiger charge is 2.15. The van der Waals surface area contributed by atoms with E-state index in [4.69, 9.17) is 9.72 Å². The largest absolute Gasteiger partial charge is 0.378 e. The summed E-state index contributed by atoms with van der Waals surface area (Å²) in [6.45, 7) is 3.17. The molecule has 2 heterocycles. The van der Waals surface area contributed by atoms with Gasteiger partial charge in [0.25, 0.3) is 5.91 Å². The van der Waals surface area contributed by atoms with Gasteiger partial charge in [0.05, 0.1) is 24.5 Å². The molecule has 138 valence electrons. The number of morpholine rings is 1. The van der Waals surface area contributed by atoms with Gasteiger partial charge in [0.15, 0.2) is 5.13 Å². The first-order valence-electron chi connectivity index (χ1n) is 8.65. The lowest BCUT2D eigenvalue weighted by molar-refractivity contribution is 0.102. The number of halogens is 1. The van der Waals surface area contributed by atoms with E-state index in [0.717, 1.165) is 42.7 Å². The van der Waals surface area contributed by atoms with Gasteiger partial charge in [0.2, 0.25) is 0 Å². The van der Waals surface area contributed by atoms with Gasteiger partial charge in [0.1, 0.15) is 5.82 Å². The number of nitrogens with zero attached hydrogens (tertiary/aromatic N) is 2. The summed E-state index contributed by atoms with van der Waals surface area (Å²) in [4.78, 5) is 19.1. The van der Waals surface area contributed by atoms with Crippen LogP contribution in [0.4, 0.5) is 15.2 Å². The Morgan fingerprint density at radius 3 is 2.59 bits per heavy atom. The Balaban J connectivity index is 1.45. The van der Waals surface area contributed by atoms with Gasteiger partial charge in [-0.05, 0) is 24.3 Å². The molecule has 4 rings (SSSR count). The van der Waals surface area contributed by atoms with E-state index in [1.807, 2.05) is 17.5 Å². The van der Waals surface area contributed by atoms with E-state index in [1.54, 1.807) is 35.6 Å². The molecule has 0 saturated carbocycles. The highest BCUT2D eigenvalue weighted by Crippen LogP contribution is 2.28. The van der Waals surface area contributed by atoms with Gasteiger partial charge in [-0.1, -0.05) is 24.3 Å². The third kappa shape index (κ3) is 3.99. The molecule has 0 spiro atoms. The summed E-state index contributed by atoms with van der Waals surface area (Å²) in [5.41, 5.74) is 2.50. The van der Waals surface area contributed by atoms with Crippen molar-refractivity contribution in [2.24, 2.45) is 0 Å². The number of ether oxygens (including phenoxy) is 1. The number of amides is 1. The minimum atomic E-state index is -0.537. The van der Waals surface area contributed by atoms with Crippen molar-refractivity contribution in [3.63, 3.8) is 0 Å². The number of anilines is 2. The maximum atomic E-state index is 13.7. The third-order valence-corrected chi connectivity index (χ3v) is 5.23. The predicted molar refractivity (Wildman–Crippen MR) is 105 cm³/mol. The molecule has 7 heteroatoms. The summed E-state index contributed by atoms with van der Waals surface area (Å²) in [5, 5.41) is 5.73. The fourth-order valence-corrected chi connectivity index (χ4v) is 3.75. The maximum Gasteiger partial charge on any atom is 0.258 e. The lowest BCUT2D eigenvalue weighted by atomic mass is 10.1. The first-order chi connectivity index (χ1) is 13.2. The number of hydrogen-bond acceptors (Lipinski definition) is 5. The first kappa shape index (κ1) is 17.6. The van der Waals surface area contributed by atoms with Crippen LogP contribution >= 0.6 is 11.3 Å². The van der Waals surface area contributed by atoms with Crippen molar-refractivity contribution < 1.29 is 13.9 Å². The van der Waals surface area contributed by atoms with Crippen LogP contribution in [0.3, 0.4) is 0 Å². The van der Waals surface area contributed by atoms with Crippen LogP contribution in [-0.2, 0) is 4.74 Å². The fraction of sp³-hybridized carbons (Fsp3) is 0.200. The second-order valence-corrected chi connectivity index (χ2v) is 6.96. The normalized spacial score (nSPS) is 14.2. The molecule has 0 unspecified atom stereocenters. The molecule has 1 aliphatic heterocycles. The lowest BCUT2D eigenvalue weighted by Crippen LogP contribution is -2.36. The van der Waals surface area contributed by atoms with Crippen LogP contribution in [-0.4, -0.2) is 37.2 Å². The number of rotatable bonds is 4. The average molecular weight is 383 g/mol. The average Bonchev–Trinajstić information content (AvgIpc) is 3.20. The highest BCUT2D eigenvalue weighted by molar-refractivity contribution is 7.14. The van der Waals surface area contributed by atoms with Crippen molar-refractivity contribution in [2.75, 3.05) is 36.5 Å². The van der Waals surface area contributed by atoms with E-state index in [-0.39, 0.29) is 5.56 Å². The maximum absolute atomic E-state index is 13.7. The Morgan fingerprint density at radius 1 is 1.11 bits per heavy atom. The molecule has 1 aromatic heterocycles. The Labute approximate surface area is 160 Å². The van der Waals surface area contributed by atoms with E-state index in [2.05, 4.69) is 10.2 Å². The van der Waals surface area contributed by atoms with E-state index in [1.165, 1.54) is 12.1 Å². The van der Waals surface area contributed by atoms with Gasteiger partial charge in [0, 0.05) is 29.7 Å². The lowest BCUT2D eigenvalue weighted by Gasteiger charge is -2.26. The van der Waals surface area contributed by atoms with Crippen molar-refractivity contribution in [2.45, 2.75) is 0 Å². The van der Waals surface area contributed by atoms with Crippen molar-refractivity contribution in [1.82, 2.24) is 4.98 Å². The molecule has 1 fully saturated rings. The van der Waals surface area contributed by atoms with Crippen LogP contribution in [0.1, 0.15) is 10.4 Å². The fourth-order valence-electron chi connectivity index (χ4n) is 2.86. The molecule has 0 bridgehead atoms. The van der Waals surface area contributed by atoms with E-state index >= 15 is 0 Å². The molecule has 0 atom stereocenters. The van der Waals surface area contributed by atoms with E-state index < -0.39 is 11.7 Å². The summed E-state index contributed by atoms with van der Waals surface area (Å²) in [7, 11) is 0. The second kappa shape index (κ2) is 7.85. The molecule has 1 saturated heterocycles. The molecule has 0 aliphatic carbocycles. The minimum absolute atomic E-state index is 0.0243. The zero-order chi connectivity index (χ0) is 18.6. The summed E-state index contributed by atoms with van der Waals surface area (Å²) in [6.07, 6.45) is 0. The number of aromatic nitrogens is 1. The topological polar surface area (TPSA) is 54.5 Å².